The predicted molar refractivity (Wildman–Crippen MR) is 66.4 cm³/mol. The largest absolute Gasteiger partial charge is 0.490 e. The standard InChI is InChI=1S/C11H18ClN3O/c1-4-6-15(7-5-2)11-9(16-3)10(12)13-8-14-11/h8H,4-7H2,1-3H3. The first kappa shape index (κ1) is 13.0. The van der Waals surface area contributed by atoms with Crippen LogP contribution in [0.2, 0.25) is 5.15 Å². The monoisotopic (exact) mass is 243 g/mol. The number of nitrogens with zero attached hydrogens (tertiary/aromatic N) is 3. The number of aromatic nitrogens is 2. The van der Waals surface area contributed by atoms with E-state index in [-0.39, 0.29) is 0 Å². The quantitative estimate of drug-likeness (QED) is 0.721. The maximum absolute atomic E-state index is 5.97. The van der Waals surface area contributed by atoms with E-state index in [1.54, 1.807) is 7.11 Å². The fourth-order valence-electron chi connectivity index (χ4n) is 1.61. The summed E-state index contributed by atoms with van der Waals surface area (Å²) in [4.78, 5) is 10.3. The summed E-state index contributed by atoms with van der Waals surface area (Å²) in [7, 11) is 1.59. The molecule has 0 aliphatic rings. The van der Waals surface area contributed by atoms with Crippen LogP contribution in [0.3, 0.4) is 0 Å². The Morgan fingerprint density at radius 1 is 1.25 bits per heavy atom. The molecule has 90 valence electrons. The number of hydrogen-bond donors (Lipinski definition) is 0. The number of halogens is 1. The second kappa shape index (κ2) is 6.53. The third-order valence-electron chi connectivity index (χ3n) is 2.23. The van der Waals surface area contributed by atoms with Crippen LogP contribution >= 0.6 is 11.6 Å². The van der Waals surface area contributed by atoms with E-state index in [1.165, 1.54) is 6.33 Å². The molecule has 1 aromatic rings. The minimum atomic E-state index is 0.365. The topological polar surface area (TPSA) is 38.2 Å². The van der Waals surface area contributed by atoms with Crippen LogP contribution < -0.4 is 9.64 Å². The lowest BCUT2D eigenvalue weighted by atomic mass is 10.3. The van der Waals surface area contributed by atoms with Crippen LogP contribution in [0.5, 0.6) is 5.75 Å². The van der Waals surface area contributed by atoms with Crippen LogP contribution in [-0.4, -0.2) is 30.2 Å². The Morgan fingerprint density at radius 3 is 2.38 bits per heavy atom. The lowest BCUT2D eigenvalue weighted by Crippen LogP contribution is -2.26. The zero-order valence-electron chi connectivity index (χ0n) is 10.0. The fourth-order valence-corrected chi connectivity index (χ4v) is 1.81. The second-order valence-electron chi connectivity index (χ2n) is 3.51. The SMILES string of the molecule is CCCN(CCC)c1ncnc(Cl)c1OC. The van der Waals surface area contributed by atoms with Gasteiger partial charge in [0.2, 0.25) is 0 Å². The molecule has 0 fully saturated rings. The molecule has 0 saturated carbocycles. The minimum Gasteiger partial charge on any atom is -0.490 e. The van der Waals surface area contributed by atoms with Crippen molar-refractivity contribution in [2.45, 2.75) is 26.7 Å². The number of methoxy groups -OCH3 is 1. The molecule has 5 heteroatoms. The van der Waals surface area contributed by atoms with Crippen LogP contribution in [0, 0.1) is 0 Å². The molecule has 0 N–H and O–H groups in total. The Morgan fingerprint density at radius 2 is 1.88 bits per heavy atom. The fraction of sp³-hybridized carbons (Fsp3) is 0.636. The van der Waals surface area contributed by atoms with Crippen molar-refractivity contribution in [2.75, 3.05) is 25.1 Å². The minimum absolute atomic E-state index is 0.365. The second-order valence-corrected chi connectivity index (χ2v) is 3.87. The summed E-state index contributed by atoms with van der Waals surface area (Å²) in [5, 5.41) is 0.365. The molecule has 0 aliphatic carbocycles. The first-order valence-electron chi connectivity index (χ1n) is 5.54. The molecule has 0 bridgehead atoms. The van der Waals surface area contributed by atoms with Gasteiger partial charge in [-0.3, -0.25) is 0 Å². The Kier molecular flexibility index (Phi) is 5.32. The summed E-state index contributed by atoms with van der Waals surface area (Å²) in [5.74, 6) is 1.34. The predicted octanol–water partition coefficient (Wildman–Crippen LogP) is 2.77. The molecule has 1 heterocycles. The van der Waals surface area contributed by atoms with Gasteiger partial charge in [-0.2, -0.15) is 0 Å². The first-order valence-corrected chi connectivity index (χ1v) is 5.91. The summed E-state index contributed by atoms with van der Waals surface area (Å²) < 4.78 is 5.25. The van der Waals surface area contributed by atoms with Gasteiger partial charge in [0.15, 0.2) is 16.7 Å². The molecule has 1 aromatic heterocycles. The van der Waals surface area contributed by atoms with E-state index < -0.39 is 0 Å². The van der Waals surface area contributed by atoms with Gasteiger partial charge in [-0.15, -0.1) is 0 Å². The molecule has 4 nitrogen and oxygen atoms in total. The van der Waals surface area contributed by atoms with Gasteiger partial charge in [-0.25, -0.2) is 9.97 Å². The van der Waals surface area contributed by atoms with Crippen LogP contribution in [0.25, 0.3) is 0 Å². The van der Waals surface area contributed by atoms with Gasteiger partial charge in [-0.05, 0) is 12.8 Å². The third kappa shape index (κ3) is 2.98. The zero-order chi connectivity index (χ0) is 12.0. The van der Waals surface area contributed by atoms with Gasteiger partial charge in [0.1, 0.15) is 6.33 Å². The van der Waals surface area contributed by atoms with Crippen molar-refractivity contribution in [1.29, 1.82) is 0 Å². The highest BCUT2D eigenvalue weighted by Crippen LogP contribution is 2.31. The average Bonchev–Trinajstić information content (AvgIpc) is 2.28. The highest BCUT2D eigenvalue weighted by atomic mass is 35.5. The molecular weight excluding hydrogens is 226 g/mol. The van der Waals surface area contributed by atoms with Gasteiger partial charge in [-0.1, -0.05) is 25.4 Å². The number of rotatable bonds is 6. The zero-order valence-corrected chi connectivity index (χ0v) is 10.8. The average molecular weight is 244 g/mol. The molecule has 0 aromatic carbocycles. The maximum Gasteiger partial charge on any atom is 0.199 e. The molecular formula is C11H18ClN3O. The van der Waals surface area contributed by atoms with Crippen LogP contribution in [0.4, 0.5) is 5.82 Å². The van der Waals surface area contributed by atoms with Gasteiger partial charge in [0.05, 0.1) is 7.11 Å². The molecule has 0 atom stereocenters. The van der Waals surface area contributed by atoms with E-state index in [0.29, 0.717) is 10.9 Å². The molecule has 0 radical (unpaired) electrons. The van der Waals surface area contributed by atoms with Crippen molar-refractivity contribution in [3.05, 3.63) is 11.5 Å². The first-order chi connectivity index (χ1) is 7.74. The molecule has 1 rings (SSSR count). The summed E-state index contributed by atoms with van der Waals surface area (Å²) in [6, 6.07) is 0. The van der Waals surface area contributed by atoms with Crippen molar-refractivity contribution in [1.82, 2.24) is 9.97 Å². The van der Waals surface area contributed by atoms with Crippen LogP contribution in [0.15, 0.2) is 6.33 Å². The van der Waals surface area contributed by atoms with Crippen LogP contribution in [-0.2, 0) is 0 Å². The molecule has 0 spiro atoms. The Labute approximate surface area is 102 Å². The van der Waals surface area contributed by atoms with Crippen molar-refractivity contribution in [2.24, 2.45) is 0 Å². The normalized spacial score (nSPS) is 10.2. The molecule has 0 aliphatic heterocycles. The molecule has 0 unspecified atom stereocenters. The van der Waals surface area contributed by atoms with Crippen molar-refractivity contribution in [3.8, 4) is 5.75 Å². The van der Waals surface area contributed by atoms with E-state index in [2.05, 4.69) is 28.7 Å². The van der Waals surface area contributed by atoms with Gasteiger partial charge in [0.25, 0.3) is 0 Å². The van der Waals surface area contributed by atoms with E-state index >= 15 is 0 Å². The summed E-state index contributed by atoms with van der Waals surface area (Å²) in [6.45, 7) is 6.16. The highest BCUT2D eigenvalue weighted by Gasteiger charge is 2.15. The Hall–Kier alpha value is -1.03. The molecule has 0 amide bonds. The number of anilines is 1. The Bertz CT molecular complexity index is 327. The third-order valence-corrected chi connectivity index (χ3v) is 2.50. The van der Waals surface area contributed by atoms with E-state index in [4.69, 9.17) is 16.3 Å². The lowest BCUT2D eigenvalue weighted by Gasteiger charge is -2.24. The highest BCUT2D eigenvalue weighted by molar-refractivity contribution is 6.31. The van der Waals surface area contributed by atoms with E-state index in [1.807, 2.05) is 0 Å². The molecule has 0 saturated heterocycles. The van der Waals surface area contributed by atoms with Crippen molar-refractivity contribution in [3.63, 3.8) is 0 Å². The Balaban J connectivity index is 3.02. The smallest absolute Gasteiger partial charge is 0.199 e. The number of hydrogen-bond acceptors (Lipinski definition) is 4. The van der Waals surface area contributed by atoms with E-state index in [9.17, 15) is 0 Å². The number of ether oxygens (including phenoxy) is 1. The van der Waals surface area contributed by atoms with Gasteiger partial charge in [0, 0.05) is 13.1 Å². The van der Waals surface area contributed by atoms with Gasteiger partial charge < -0.3 is 9.64 Å². The van der Waals surface area contributed by atoms with E-state index in [0.717, 1.165) is 31.7 Å². The maximum atomic E-state index is 5.97. The van der Waals surface area contributed by atoms with Crippen molar-refractivity contribution < 1.29 is 4.74 Å². The molecule has 16 heavy (non-hydrogen) atoms. The van der Waals surface area contributed by atoms with Gasteiger partial charge >= 0.3 is 0 Å². The summed E-state index contributed by atoms with van der Waals surface area (Å²) >= 11 is 5.97. The van der Waals surface area contributed by atoms with Crippen LogP contribution in [0.1, 0.15) is 26.7 Å². The summed E-state index contributed by atoms with van der Waals surface area (Å²) in [5.41, 5.74) is 0. The summed E-state index contributed by atoms with van der Waals surface area (Å²) in [6.07, 6.45) is 3.59. The lowest BCUT2D eigenvalue weighted by molar-refractivity contribution is 0.410. The van der Waals surface area contributed by atoms with Crippen molar-refractivity contribution >= 4 is 17.4 Å².